The third-order valence-electron chi connectivity index (χ3n) is 3.53. The van der Waals surface area contributed by atoms with Crippen LogP contribution in [-0.2, 0) is 6.54 Å². The van der Waals surface area contributed by atoms with Crippen molar-refractivity contribution in [1.82, 2.24) is 4.98 Å². The van der Waals surface area contributed by atoms with Gasteiger partial charge in [-0.2, -0.15) is 0 Å². The first kappa shape index (κ1) is 13.6. The summed E-state index contributed by atoms with van der Waals surface area (Å²) in [7, 11) is 0. The summed E-state index contributed by atoms with van der Waals surface area (Å²) in [6.07, 6.45) is 1.75. The first-order valence-corrected chi connectivity index (χ1v) is 6.43. The van der Waals surface area contributed by atoms with Gasteiger partial charge in [-0.3, -0.25) is 0 Å². The average Bonchev–Trinajstić information content (AvgIpc) is 2.39. The second-order valence-corrected chi connectivity index (χ2v) is 4.87. The maximum atomic E-state index is 6.03. The summed E-state index contributed by atoms with van der Waals surface area (Å²) in [6, 6.07) is 6.12. The summed E-state index contributed by atoms with van der Waals surface area (Å²) in [5.74, 6) is 1.49. The molecule has 2 aromatic rings. The summed E-state index contributed by atoms with van der Waals surface area (Å²) in [6.45, 7) is 8.63. The van der Waals surface area contributed by atoms with E-state index >= 15 is 0 Å². The first-order valence-electron chi connectivity index (χ1n) is 6.43. The third kappa shape index (κ3) is 2.61. The van der Waals surface area contributed by atoms with E-state index < -0.39 is 0 Å². The molecule has 3 nitrogen and oxygen atoms in total. The molecule has 0 atom stereocenters. The van der Waals surface area contributed by atoms with Crippen LogP contribution in [-0.4, -0.2) is 4.98 Å². The lowest BCUT2D eigenvalue weighted by Crippen LogP contribution is -2.05. The van der Waals surface area contributed by atoms with Crippen molar-refractivity contribution < 1.29 is 4.74 Å². The zero-order valence-electron chi connectivity index (χ0n) is 11.9. The fraction of sp³-hybridized carbons (Fsp3) is 0.312. The minimum atomic E-state index is 0.429. The lowest BCUT2D eigenvalue weighted by Gasteiger charge is -2.15. The van der Waals surface area contributed by atoms with Gasteiger partial charge in [0, 0.05) is 18.3 Å². The maximum Gasteiger partial charge on any atom is 0.223 e. The van der Waals surface area contributed by atoms with Crippen molar-refractivity contribution in [2.24, 2.45) is 5.73 Å². The quantitative estimate of drug-likeness (QED) is 0.913. The molecule has 0 saturated carbocycles. The fourth-order valence-corrected chi connectivity index (χ4v) is 2.08. The van der Waals surface area contributed by atoms with Crippen molar-refractivity contribution in [2.45, 2.75) is 34.2 Å². The molecule has 2 rings (SSSR count). The van der Waals surface area contributed by atoms with E-state index in [9.17, 15) is 0 Å². The lowest BCUT2D eigenvalue weighted by atomic mass is 10.1. The predicted octanol–water partition coefficient (Wildman–Crippen LogP) is 3.57. The third-order valence-corrected chi connectivity index (χ3v) is 3.53. The smallest absolute Gasteiger partial charge is 0.223 e. The van der Waals surface area contributed by atoms with Crippen LogP contribution >= 0.6 is 0 Å². The molecule has 3 heteroatoms. The Morgan fingerprint density at radius 2 is 1.68 bits per heavy atom. The Morgan fingerprint density at radius 3 is 2.37 bits per heavy atom. The van der Waals surface area contributed by atoms with E-state index in [1.165, 1.54) is 5.56 Å². The Balaban J connectivity index is 2.48. The summed E-state index contributed by atoms with van der Waals surface area (Å²) in [5.41, 5.74) is 11.3. The van der Waals surface area contributed by atoms with Gasteiger partial charge in [-0.25, -0.2) is 4.98 Å². The molecular weight excluding hydrogens is 236 g/mol. The lowest BCUT2D eigenvalue weighted by molar-refractivity contribution is 0.448. The summed E-state index contributed by atoms with van der Waals surface area (Å²) in [4.78, 5) is 4.32. The SMILES string of the molecule is Cc1ccc(C)c(Oc2nccc(C)c2CN)c1C. The van der Waals surface area contributed by atoms with E-state index in [1.807, 2.05) is 19.9 Å². The monoisotopic (exact) mass is 256 g/mol. The second-order valence-electron chi connectivity index (χ2n) is 4.87. The van der Waals surface area contributed by atoms with Crippen LogP contribution in [0.5, 0.6) is 11.6 Å². The zero-order chi connectivity index (χ0) is 14.0. The van der Waals surface area contributed by atoms with E-state index in [-0.39, 0.29) is 0 Å². The van der Waals surface area contributed by atoms with Crippen molar-refractivity contribution in [3.05, 3.63) is 52.2 Å². The maximum absolute atomic E-state index is 6.03. The predicted molar refractivity (Wildman–Crippen MR) is 77.6 cm³/mol. The highest BCUT2D eigenvalue weighted by atomic mass is 16.5. The Hall–Kier alpha value is -1.87. The average molecular weight is 256 g/mol. The molecule has 0 radical (unpaired) electrons. The first-order chi connectivity index (χ1) is 9.04. The molecule has 19 heavy (non-hydrogen) atoms. The second kappa shape index (κ2) is 5.41. The number of pyridine rings is 1. The summed E-state index contributed by atoms with van der Waals surface area (Å²) >= 11 is 0. The molecule has 0 fully saturated rings. The van der Waals surface area contributed by atoms with E-state index in [4.69, 9.17) is 10.5 Å². The number of aryl methyl sites for hydroxylation is 3. The van der Waals surface area contributed by atoms with Crippen LogP contribution in [0.4, 0.5) is 0 Å². The minimum Gasteiger partial charge on any atom is -0.438 e. The number of ether oxygens (including phenoxy) is 1. The van der Waals surface area contributed by atoms with Crippen LogP contribution in [0, 0.1) is 27.7 Å². The Bertz CT molecular complexity index is 606. The van der Waals surface area contributed by atoms with E-state index in [0.717, 1.165) is 28.0 Å². The molecule has 1 aromatic heterocycles. The fourth-order valence-electron chi connectivity index (χ4n) is 2.08. The molecule has 0 bridgehead atoms. The van der Waals surface area contributed by atoms with Crippen LogP contribution in [0.1, 0.15) is 27.8 Å². The van der Waals surface area contributed by atoms with E-state index in [0.29, 0.717) is 12.4 Å². The molecule has 0 unspecified atom stereocenters. The van der Waals surface area contributed by atoms with Crippen LogP contribution in [0.3, 0.4) is 0 Å². The van der Waals surface area contributed by atoms with Gasteiger partial charge in [-0.1, -0.05) is 12.1 Å². The number of aromatic nitrogens is 1. The molecule has 0 saturated heterocycles. The van der Waals surface area contributed by atoms with E-state index in [1.54, 1.807) is 6.20 Å². The van der Waals surface area contributed by atoms with Gasteiger partial charge in [0.05, 0.1) is 0 Å². The van der Waals surface area contributed by atoms with Crippen molar-refractivity contribution >= 4 is 0 Å². The number of nitrogens with two attached hydrogens (primary N) is 1. The highest BCUT2D eigenvalue weighted by Gasteiger charge is 2.12. The van der Waals surface area contributed by atoms with Gasteiger partial charge >= 0.3 is 0 Å². The molecule has 1 aromatic carbocycles. The Labute approximate surface area is 114 Å². The van der Waals surface area contributed by atoms with Gasteiger partial charge in [0.25, 0.3) is 0 Å². The highest BCUT2D eigenvalue weighted by Crippen LogP contribution is 2.31. The molecule has 0 spiro atoms. The molecular formula is C16H20N2O. The molecule has 100 valence electrons. The van der Waals surface area contributed by atoms with Crippen LogP contribution < -0.4 is 10.5 Å². The normalized spacial score (nSPS) is 10.6. The number of nitrogens with zero attached hydrogens (tertiary/aromatic N) is 1. The van der Waals surface area contributed by atoms with E-state index in [2.05, 4.69) is 31.0 Å². The molecule has 1 heterocycles. The van der Waals surface area contributed by atoms with Gasteiger partial charge < -0.3 is 10.5 Å². The zero-order valence-corrected chi connectivity index (χ0v) is 11.9. The van der Waals surface area contributed by atoms with Crippen LogP contribution in [0.25, 0.3) is 0 Å². The molecule has 0 amide bonds. The van der Waals surface area contributed by atoms with Gasteiger partial charge in [0.2, 0.25) is 5.88 Å². The standard InChI is InChI=1S/C16H20N2O/c1-10-5-6-12(3)15(13(10)4)19-16-14(9-17)11(2)7-8-18-16/h5-8H,9,17H2,1-4H3. The largest absolute Gasteiger partial charge is 0.438 e. The van der Waals surface area contributed by atoms with Gasteiger partial charge in [0.1, 0.15) is 5.75 Å². The molecule has 0 aliphatic heterocycles. The van der Waals surface area contributed by atoms with Gasteiger partial charge in [-0.15, -0.1) is 0 Å². The number of rotatable bonds is 3. The van der Waals surface area contributed by atoms with Crippen molar-refractivity contribution in [3.63, 3.8) is 0 Å². The number of hydrogen-bond donors (Lipinski definition) is 1. The topological polar surface area (TPSA) is 48.1 Å². The molecule has 0 aliphatic rings. The summed E-state index contributed by atoms with van der Waals surface area (Å²) in [5, 5.41) is 0. The molecule has 2 N–H and O–H groups in total. The van der Waals surface area contributed by atoms with Crippen LogP contribution in [0.15, 0.2) is 24.4 Å². The highest BCUT2D eigenvalue weighted by molar-refractivity contribution is 5.47. The van der Waals surface area contributed by atoms with Gasteiger partial charge in [-0.05, 0) is 56.0 Å². The minimum absolute atomic E-state index is 0.429. The van der Waals surface area contributed by atoms with Gasteiger partial charge in [0.15, 0.2) is 0 Å². The molecule has 0 aliphatic carbocycles. The number of hydrogen-bond acceptors (Lipinski definition) is 3. The number of benzene rings is 1. The Morgan fingerprint density at radius 1 is 1.00 bits per heavy atom. The van der Waals surface area contributed by atoms with Crippen molar-refractivity contribution in [2.75, 3.05) is 0 Å². The Kier molecular flexibility index (Phi) is 3.86. The van der Waals surface area contributed by atoms with Crippen molar-refractivity contribution in [1.29, 1.82) is 0 Å². The van der Waals surface area contributed by atoms with Crippen molar-refractivity contribution in [3.8, 4) is 11.6 Å². The van der Waals surface area contributed by atoms with Crippen LogP contribution in [0.2, 0.25) is 0 Å². The summed E-state index contributed by atoms with van der Waals surface area (Å²) < 4.78 is 6.03.